The Hall–Kier alpha value is -3.47. The summed E-state index contributed by atoms with van der Waals surface area (Å²) in [5.41, 5.74) is 3.53. The highest BCUT2D eigenvalue weighted by Crippen LogP contribution is 2.43. The van der Waals surface area contributed by atoms with Crippen molar-refractivity contribution in [3.63, 3.8) is 0 Å². The maximum Gasteiger partial charge on any atom is 0.327 e. The van der Waals surface area contributed by atoms with Gasteiger partial charge in [0.25, 0.3) is 0 Å². The summed E-state index contributed by atoms with van der Waals surface area (Å²) < 4.78 is 5.44. The van der Waals surface area contributed by atoms with Gasteiger partial charge in [0, 0.05) is 36.6 Å². The van der Waals surface area contributed by atoms with Crippen molar-refractivity contribution < 1.29 is 19.7 Å². The number of nitrogens with zero attached hydrogens (tertiary/aromatic N) is 5. The van der Waals surface area contributed by atoms with Gasteiger partial charge < -0.3 is 25.2 Å². The van der Waals surface area contributed by atoms with Crippen molar-refractivity contribution in [1.82, 2.24) is 15.0 Å². The number of aliphatic hydroxyl groups is 2. The van der Waals surface area contributed by atoms with Crippen LogP contribution >= 0.6 is 11.6 Å². The first kappa shape index (κ1) is 23.3. The number of carbonyl (C=O) groups excluding carboxylic acids is 1. The normalized spacial score (nSPS) is 17.2. The monoisotopic (exact) mass is 496 g/mol. The van der Waals surface area contributed by atoms with Gasteiger partial charge in [-0.15, -0.1) is 0 Å². The lowest BCUT2D eigenvalue weighted by molar-refractivity contribution is 0.0535. The van der Waals surface area contributed by atoms with Crippen LogP contribution < -0.4 is 19.9 Å². The number of amides is 2. The van der Waals surface area contributed by atoms with Crippen molar-refractivity contribution in [3.05, 3.63) is 53.6 Å². The number of rotatable bonds is 6. The van der Waals surface area contributed by atoms with Crippen LogP contribution in [0.1, 0.15) is 12.1 Å². The maximum atomic E-state index is 13.5. The molecule has 2 amide bonds. The molecule has 3 aromatic rings. The lowest BCUT2D eigenvalue weighted by Gasteiger charge is -2.36. The summed E-state index contributed by atoms with van der Waals surface area (Å²) in [5.74, 6) is 0.915. The first-order chi connectivity index (χ1) is 16.9. The van der Waals surface area contributed by atoms with E-state index in [0.717, 1.165) is 29.9 Å². The Morgan fingerprint density at radius 2 is 2.20 bits per heavy atom. The van der Waals surface area contributed by atoms with E-state index in [2.05, 4.69) is 20.2 Å². The molecular formula is C24H25ClN6O4. The van der Waals surface area contributed by atoms with E-state index in [9.17, 15) is 9.90 Å². The molecule has 11 heteroatoms. The largest absolute Gasteiger partial charge is 0.489 e. The fraction of sp³-hybridized carbons (Fsp3) is 0.333. The number of hydrogen-bond donors (Lipinski definition) is 3. The molecule has 182 valence electrons. The van der Waals surface area contributed by atoms with Gasteiger partial charge in [-0.1, -0.05) is 11.6 Å². The van der Waals surface area contributed by atoms with Gasteiger partial charge >= 0.3 is 6.03 Å². The molecule has 1 fully saturated rings. The van der Waals surface area contributed by atoms with E-state index in [4.69, 9.17) is 26.4 Å². The van der Waals surface area contributed by atoms with Gasteiger partial charge in [-0.3, -0.25) is 14.9 Å². The topological polar surface area (TPSA) is 124 Å². The number of ether oxygens (including phenoxy) is 1. The van der Waals surface area contributed by atoms with Crippen molar-refractivity contribution in [1.29, 1.82) is 0 Å². The fourth-order valence-electron chi connectivity index (χ4n) is 4.38. The second-order valence-corrected chi connectivity index (χ2v) is 9.00. The van der Waals surface area contributed by atoms with Crippen LogP contribution in [-0.4, -0.2) is 69.6 Å². The summed E-state index contributed by atoms with van der Waals surface area (Å²) in [5, 5.41) is 21.9. The molecule has 35 heavy (non-hydrogen) atoms. The predicted molar refractivity (Wildman–Crippen MR) is 132 cm³/mol. The smallest absolute Gasteiger partial charge is 0.327 e. The summed E-state index contributed by atoms with van der Waals surface area (Å²) in [6.07, 6.45) is 4.50. The van der Waals surface area contributed by atoms with E-state index < -0.39 is 12.7 Å². The molecule has 2 bridgehead atoms. The average Bonchev–Trinajstić information content (AvgIpc) is 3.27. The third-order valence-electron chi connectivity index (χ3n) is 6.04. The first-order valence-corrected chi connectivity index (χ1v) is 11.7. The van der Waals surface area contributed by atoms with Gasteiger partial charge in [-0.2, -0.15) is 0 Å². The third-order valence-corrected chi connectivity index (χ3v) is 6.33. The SMILES string of the molecule is Cc1cc(-c2nc3c(cc2Cl)N2CC[C@@H](C2)N3C(=O)Nc2cncc(OC[C@@H](O)CO)c2)ccn1. The van der Waals surface area contributed by atoms with E-state index in [-0.39, 0.29) is 18.7 Å². The molecule has 5 heterocycles. The molecule has 5 rings (SSSR count). The number of nitrogens with one attached hydrogen (secondary N) is 1. The third kappa shape index (κ3) is 4.72. The molecule has 3 N–H and O–H groups in total. The van der Waals surface area contributed by atoms with E-state index >= 15 is 0 Å². The quantitative estimate of drug-likeness (QED) is 0.476. The van der Waals surface area contributed by atoms with Crippen molar-refractivity contribution in [2.75, 3.05) is 41.4 Å². The summed E-state index contributed by atoms with van der Waals surface area (Å²) in [4.78, 5) is 30.6. The molecule has 2 atom stereocenters. The number of fused-ring (bicyclic) bond motifs is 4. The van der Waals surface area contributed by atoms with Crippen molar-refractivity contribution >= 4 is 34.8 Å². The molecule has 2 aliphatic rings. The van der Waals surface area contributed by atoms with Crippen molar-refractivity contribution in [2.45, 2.75) is 25.5 Å². The molecule has 0 radical (unpaired) electrons. The van der Waals surface area contributed by atoms with Gasteiger partial charge in [0.15, 0.2) is 5.82 Å². The summed E-state index contributed by atoms with van der Waals surface area (Å²) >= 11 is 6.64. The molecule has 2 aliphatic heterocycles. The van der Waals surface area contributed by atoms with Gasteiger partial charge in [0.05, 0.1) is 47.1 Å². The van der Waals surface area contributed by atoms with E-state index in [1.165, 1.54) is 12.4 Å². The molecule has 3 aromatic heterocycles. The van der Waals surface area contributed by atoms with Crippen LogP contribution in [0, 0.1) is 6.92 Å². The van der Waals surface area contributed by atoms with E-state index in [0.29, 0.717) is 34.5 Å². The van der Waals surface area contributed by atoms with Crippen molar-refractivity contribution in [2.24, 2.45) is 0 Å². The second kappa shape index (κ2) is 9.65. The first-order valence-electron chi connectivity index (χ1n) is 11.3. The fourth-order valence-corrected chi connectivity index (χ4v) is 4.63. The molecule has 0 unspecified atom stereocenters. The molecule has 0 aromatic carbocycles. The molecule has 1 saturated heterocycles. The Kier molecular flexibility index (Phi) is 6.42. The predicted octanol–water partition coefficient (Wildman–Crippen LogP) is 2.86. The number of aliphatic hydroxyl groups excluding tert-OH is 2. The zero-order valence-electron chi connectivity index (χ0n) is 19.1. The van der Waals surface area contributed by atoms with Gasteiger partial charge in [0.1, 0.15) is 18.5 Å². The Labute approximate surface area is 207 Å². The maximum absolute atomic E-state index is 13.5. The van der Waals surface area contributed by atoms with Gasteiger partial charge in [-0.25, -0.2) is 9.78 Å². The van der Waals surface area contributed by atoms with E-state index in [1.54, 1.807) is 17.2 Å². The lowest BCUT2D eigenvalue weighted by atomic mass is 10.1. The van der Waals surface area contributed by atoms with E-state index in [1.807, 2.05) is 25.1 Å². The van der Waals surface area contributed by atoms with Crippen LogP contribution in [0.25, 0.3) is 11.3 Å². The number of pyridine rings is 3. The number of carbonyl (C=O) groups is 1. The van der Waals surface area contributed by atoms with Crippen molar-refractivity contribution in [3.8, 4) is 17.0 Å². The highest BCUT2D eigenvalue weighted by Gasteiger charge is 2.41. The lowest BCUT2D eigenvalue weighted by Crippen LogP contribution is -2.48. The zero-order valence-corrected chi connectivity index (χ0v) is 19.8. The summed E-state index contributed by atoms with van der Waals surface area (Å²) in [6.45, 7) is 2.92. The van der Waals surface area contributed by atoms with Crippen LogP contribution in [0.4, 0.5) is 22.0 Å². The van der Waals surface area contributed by atoms with Crippen LogP contribution in [-0.2, 0) is 0 Å². The summed E-state index contributed by atoms with van der Waals surface area (Å²) in [6, 6.07) is 6.88. The molecule has 0 aliphatic carbocycles. The molecule has 0 spiro atoms. The Morgan fingerprint density at radius 1 is 1.34 bits per heavy atom. The Morgan fingerprint density at radius 3 is 3.00 bits per heavy atom. The minimum atomic E-state index is -1.00. The van der Waals surface area contributed by atoms with Crippen LogP contribution in [0.3, 0.4) is 0 Å². The highest BCUT2D eigenvalue weighted by atomic mass is 35.5. The van der Waals surface area contributed by atoms with Gasteiger partial charge in [-0.05, 0) is 31.5 Å². The minimum absolute atomic E-state index is 0.0321. The Balaban J connectivity index is 1.44. The average molecular weight is 497 g/mol. The number of hydrogen-bond acceptors (Lipinski definition) is 8. The molecule has 10 nitrogen and oxygen atoms in total. The number of aryl methyl sites for hydroxylation is 1. The number of aromatic nitrogens is 3. The highest BCUT2D eigenvalue weighted by molar-refractivity contribution is 6.33. The number of halogens is 1. The molecular weight excluding hydrogens is 472 g/mol. The Bertz CT molecular complexity index is 1260. The second-order valence-electron chi connectivity index (χ2n) is 8.59. The van der Waals surface area contributed by atoms with Crippen LogP contribution in [0.2, 0.25) is 5.02 Å². The van der Waals surface area contributed by atoms with Gasteiger partial charge in [0.2, 0.25) is 0 Å². The zero-order chi connectivity index (χ0) is 24.5. The summed E-state index contributed by atoms with van der Waals surface area (Å²) in [7, 11) is 0. The van der Waals surface area contributed by atoms with Crippen LogP contribution in [0.15, 0.2) is 42.9 Å². The minimum Gasteiger partial charge on any atom is -0.489 e. The number of anilines is 3. The number of urea groups is 1. The van der Waals surface area contributed by atoms with Crippen LogP contribution in [0.5, 0.6) is 5.75 Å². The molecule has 0 saturated carbocycles. The standard InChI is InChI=1S/C24H25ClN6O4/c1-14-6-15(2-4-27-14)22-20(25)8-21-23(29-22)31(17-3-5-30(21)11-17)24(34)28-16-7-19(10-26-9-16)35-13-18(33)12-32/h2,4,6-10,17-18,32-33H,3,5,11-13H2,1H3,(H,28,34)/t17-,18-/m0/s1.